The molecule has 0 aliphatic carbocycles. The van der Waals surface area contributed by atoms with Gasteiger partial charge < -0.3 is 14.8 Å². The van der Waals surface area contributed by atoms with Gasteiger partial charge in [-0.3, -0.25) is 0 Å². The number of carboxylic acid groups (broad SMARTS) is 1. The van der Waals surface area contributed by atoms with Gasteiger partial charge in [-0.2, -0.15) is 0 Å². The Hall–Kier alpha value is -2.23. The Balaban J connectivity index is 1.96. The zero-order chi connectivity index (χ0) is 13.8. The Kier molecular flexibility index (Phi) is 3.90. The van der Waals surface area contributed by atoms with E-state index in [1.54, 1.807) is 6.07 Å². The molecule has 2 aromatic rings. The largest absolute Gasteiger partial charge is 0.475 e. The summed E-state index contributed by atoms with van der Waals surface area (Å²) in [5.74, 6) is -0.137. The van der Waals surface area contributed by atoms with Crippen molar-refractivity contribution in [2.24, 2.45) is 0 Å². The Morgan fingerprint density at radius 1 is 1.21 bits per heavy atom. The quantitative estimate of drug-likeness (QED) is 0.859. The molecule has 0 bridgehead atoms. The molecule has 1 aromatic heterocycles. The fourth-order valence-corrected chi connectivity index (χ4v) is 1.76. The normalized spacial score (nSPS) is 10.7. The zero-order valence-electron chi connectivity index (χ0n) is 11.0. The molecule has 1 heterocycles. The molecular weight excluding hydrogens is 242 g/mol. The van der Waals surface area contributed by atoms with Crippen molar-refractivity contribution in [3.05, 3.63) is 53.3 Å². The Morgan fingerprint density at radius 2 is 1.89 bits per heavy atom. The van der Waals surface area contributed by atoms with Crippen LogP contribution < -0.4 is 5.32 Å². The van der Waals surface area contributed by atoms with Crippen molar-refractivity contribution in [3.8, 4) is 0 Å². The Morgan fingerprint density at radius 3 is 2.42 bits per heavy atom. The molecule has 100 valence electrons. The number of carbonyl (C=O) groups is 1. The van der Waals surface area contributed by atoms with Crippen molar-refractivity contribution in [1.29, 1.82) is 0 Å². The predicted molar refractivity (Wildman–Crippen MR) is 73.5 cm³/mol. The third-order valence-corrected chi connectivity index (χ3v) is 2.93. The van der Waals surface area contributed by atoms with Crippen LogP contribution in [0, 0.1) is 0 Å². The summed E-state index contributed by atoms with van der Waals surface area (Å²) in [4.78, 5) is 10.7. The van der Waals surface area contributed by atoms with Gasteiger partial charge in [0.1, 0.15) is 0 Å². The standard InChI is InChI=1S/C15H17NO3/c1-10(2)12-5-3-11(4-6-12)9-16-14-8-7-13(19-14)15(17)18/h3-8,10,16H,9H2,1-2H3,(H,17,18). The molecule has 0 saturated heterocycles. The summed E-state index contributed by atoms with van der Waals surface area (Å²) in [5, 5.41) is 11.8. The molecule has 4 heteroatoms. The van der Waals surface area contributed by atoms with E-state index in [9.17, 15) is 4.79 Å². The number of furan rings is 1. The predicted octanol–water partition coefficient (Wildman–Crippen LogP) is 3.71. The molecule has 0 unspecified atom stereocenters. The highest BCUT2D eigenvalue weighted by atomic mass is 16.4. The first-order valence-corrected chi connectivity index (χ1v) is 6.22. The molecule has 0 atom stereocenters. The average Bonchev–Trinajstić information content (AvgIpc) is 2.86. The first-order valence-electron chi connectivity index (χ1n) is 6.22. The van der Waals surface area contributed by atoms with Crippen LogP contribution in [0.2, 0.25) is 0 Å². The summed E-state index contributed by atoms with van der Waals surface area (Å²) < 4.78 is 5.12. The smallest absolute Gasteiger partial charge is 0.371 e. The second-order valence-electron chi connectivity index (χ2n) is 4.72. The maximum Gasteiger partial charge on any atom is 0.371 e. The van der Waals surface area contributed by atoms with E-state index < -0.39 is 5.97 Å². The van der Waals surface area contributed by atoms with Gasteiger partial charge in [0.05, 0.1) is 0 Å². The molecule has 4 nitrogen and oxygen atoms in total. The lowest BCUT2D eigenvalue weighted by atomic mass is 10.0. The topological polar surface area (TPSA) is 62.5 Å². The molecule has 0 radical (unpaired) electrons. The van der Waals surface area contributed by atoms with Crippen LogP contribution in [-0.4, -0.2) is 11.1 Å². The van der Waals surface area contributed by atoms with Crippen LogP contribution >= 0.6 is 0 Å². The molecule has 0 amide bonds. The van der Waals surface area contributed by atoms with Crippen molar-refractivity contribution in [2.45, 2.75) is 26.3 Å². The molecule has 0 saturated carbocycles. The van der Waals surface area contributed by atoms with Gasteiger partial charge in [0.25, 0.3) is 0 Å². The monoisotopic (exact) mass is 259 g/mol. The molecule has 0 aliphatic rings. The summed E-state index contributed by atoms with van der Waals surface area (Å²) in [6.07, 6.45) is 0. The second-order valence-corrected chi connectivity index (χ2v) is 4.72. The van der Waals surface area contributed by atoms with Crippen LogP contribution in [0.3, 0.4) is 0 Å². The van der Waals surface area contributed by atoms with Gasteiger partial charge >= 0.3 is 5.97 Å². The van der Waals surface area contributed by atoms with E-state index in [-0.39, 0.29) is 5.76 Å². The van der Waals surface area contributed by atoms with Crippen molar-refractivity contribution in [2.75, 3.05) is 5.32 Å². The van der Waals surface area contributed by atoms with E-state index >= 15 is 0 Å². The van der Waals surface area contributed by atoms with Crippen LogP contribution in [-0.2, 0) is 6.54 Å². The van der Waals surface area contributed by atoms with E-state index in [4.69, 9.17) is 9.52 Å². The highest BCUT2D eigenvalue weighted by Gasteiger charge is 2.08. The number of hydrogen-bond acceptors (Lipinski definition) is 3. The number of hydrogen-bond donors (Lipinski definition) is 2. The summed E-state index contributed by atoms with van der Waals surface area (Å²) in [6, 6.07) is 11.4. The fraction of sp³-hybridized carbons (Fsp3) is 0.267. The Bertz CT molecular complexity index is 555. The number of rotatable bonds is 5. The average molecular weight is 259 g/mol. The third kappa shape index (κ3) is 3.37. The van der Waals surface area contributed by atoms with E-state index in [1.165, 1.54) is 11.6 Å². The minimum absolute atomic E-state index is 0.0577. The van der Waals surface area contributed by atoms with Gasteiger partial charge in [-0.15, -0.1) is 0 Å². The van der Waals surface area contributed by atoms with Crippen LogP contribution in [0.1, 0.15) is 41.4 Å². The van der Waals surface area contributed by atoms with Crippen molar-refractivity contribution in [1.82, 2.24) is 0 Å². The van der Waals surface area contributed by atoms with Crippen LogP contribution in [0.5, 0.6) is 0 Å². The third-order valence-electron chi connectivity index (χ3n) is 2.93. The second kappa shape index (κ2) is 5.61. The SMILES string of the molecule is CC(C)c1ccc(CNc2ccc(C(=O)O)o2)cc1. The molecule has 1 aromatic carbocycles. The van der Waals surface area contributed by atoms with Gasteiger partial charge in [-0.1, -0.05) is 38.1 Å². The van der Waals surface area contributed by atoms with Crippen molar-refractivity contribution >= 4 is 11.9 Å². The first kappa shape index (κ1) is 13.2. The van der Waals surface area contributed by atoms with Crippen molar-refractivity contribution < 1.29 is 14.3 Å². The lowest BCUT2D eigenvalue weighted by Gasteiger charge is -2.07. The molecule has 0 aliphatic heterocycles. The molecule has 0 spiro atoms. The summed E-state index contributed by atoms with van der Waals surface area (Å²) >= 11 is 0. The molecular formula is C15H17NO3. The minimum Gasteiger partial charge on any atom is -0.475 e. The van der Waals surface area contributed by atoms with Crippen LogP contribution in [0.4, 0.5) is 5.88 Å². The molecule has 2 N–H and O–H groups in total. The lowest BCUT2D eigenvalue weighted by molar-refractivity contribution is 0.0663. The van der Waals surface area contributed by atoms with Gasteiger partial charge in [-0.25, -0.2) is 4.79 Å². The van der Waals surface area contributed by atoms with Gasteiger partial charge in [0.2, 0.25) is 5.76 Å². The van der Waals surface area contributed by atoms with Crippen molar-refractivity contribution in [3.63, 3.8) is 0 Å². The number of aromatic carboxylic acids is 1. The van der Waals surface area contributed by atoms with E-state index in [1.807, 2.05) is 0 Å². The highest BCUT2D eigenvalue weighted by Crippen LogP contribution is 2.17. The maximum atomic E-state index is 10.7. The first-order chi connectivity index (χ1) is 9.06. The fourth-order valence-electron chi connectivity index (χ4n) is 1.76. The van der Waals surface area contributed by atoms with E-state index in [0.29, 0.717) is 18.3 Å². The lowest BCUT2D eigenvalue weighted by Crippen LogP contribution is -1.99. The number of carboxylic acids is 1. The van der Waals surface area contributed by atoms with Crippen LogP contribution in [0.25, 0.3) is 0 Å². The Labute approximate surface area is 112 Å². The van der Waals surface area contributed by atoms with E-state index in [0.717, 1.165) is 5.56 Å². The maximum absolute atomic E-state index is 10.7. The molecule has 0 fully saturated rings. The zero-order valence-corrected chi connectivity index (χ0v) is 11.0. The minimum atomic E-state index is -1.06. The number of anilines is 1. The van der Waals surface area contributed by atoms with Gasteiger partial charge in [0, 0.05) is 12.6 Å². The highest BCUT2D eigenvalue weighted by molar-refractivity contribution is 5.84. The van der Waals surface area contributed by atoms with Gasteiger partial charge in [-0.05, 0) is 23.1 Å². The summed E-state index contributed by atoms with van der Waals surface area (Å²) in [7, 11) is 0. The number of nitrogens with one attached hydrogen (secondary N) is 1. The van der Waals surface area contributed by atoms with Crippen LogP contribution in [0.15, 0.2) is 40.8 Å². The number of benzene rings is 1. The van der Waals surface area contributed by atoms with E-state index in [2.05, 4.69) is 43.4 Å². The van der Waals surface area contributed by atoms with Gasteiger partial charge in [0.15, 0.2) is 5.88 Å². The summed E-state index contributed by atoms with van der Waals surface area (Å²) in [6.45, 7) is 4.91. The summed E-state index contributed by atoms with van der Waals surface area (Å²) in [5.41, 5.74) is 2.42. The molecule has 2 rings (SSSR count). The molecule has 19 heavy (non-hydrogen) atoms.